The Morgan fingerprint density at radius 1 is 0.846 bits per heavy atom. The van der Waals surface area contributed by atoms with Crippen LogP contribution < -0.4 is 0 Å². The van der Waals surface area contributed by atoms with Gasteiger partial charge in [-0.1, -0.05) is 0 Å². The molecule has 0 saturated heterocycles. The average Bonchev–Trinajstić information content (AvgIpc) is 1.82. The molecule has 0 aromatic rings. The standard InChI is InChI=1S/C5H12O6S2/c1-3-10-12(6,7)5-13(8,9)11-4-2/h3-5H2,1-2H3. The van der Waals surface area contributed by atoms with Gasteiger partial charge in [0.25, 0.3) is 20.2 Å². The molecule has 0 unspecified atom stereocenters. The first-order valence-electron chi connectivity index (χ1n) is 3.57. The Balaban J connectivity index is 4.44. The first-order valence-corrected chi connectivity index (χ1v) is 6.72. The molecular weight excluding hydrogens is 220 g/mol. The first-order chi connectivity index (χ1) is 5.83. The van der Waals surface area contributed by atoms with Crippen LogP contribution in [0.5, 0.6) is 0 Å². The lowest BCUT2D eigenvalue weighted by Gasteiger charge is -2.03. The molecule has 0 N–H and O–H groups in total. The van der Waals surface area contributed by atoms with Crippen LogP contribution in [-0.2, 0) is 28.6 Å². The normalized spacial score (nSPS) is 13.1. The highest BCUT2D eigenvalue weighted by Crippen LogP contribution is 2.01. The Bertz CT molecular complexity index is 292. The SMILES string of the molecule is CCOS(=O)(=O)CS(=O)(=O)OCC. The summed E-state index contributed by atoms with van der Waals surface area (Å²) in [6.45, 7) is 2.71. The fraction of sp³-hybridized carbons (Fsp3) is 1.00. The molecule has 13 heavy (non-hydrogen) atoms. The minimum Gasteiger partial charge on any atom is -0.270 e. The molecule has 0 aromatic heterocycles. The van der Waals surface area contributed by atoms with Crippen LogP contribution >= 0.6 is 0 Å². The largest absolute Gasteiger partial charge is 0.284 e. The third-order valence-electron chi connectivity index (χ3n) is 0.883. The van der Waals surface area contributed by atoms with Crippen LogP contribution in [0, 0.1) is 0 Å². The summed E-state index contributed by atoms with van der Waals surface area (Å²) in [5.41, 5.74) is 0. The molecule has 0 aliphatic carbocycles. The predicted octanol–water partition coefficient (Wildman–Crippen LogP) is -0.323. The number of hydrogen-bond donors (Lipinski definition) is 0. The van der Waals surface area contributed by atoms with Crippen LogP contribution in [0.2, 0.25) is 0 Å². The zero-order valence-corrected chi connectivity index (χ0v) is 9.02. The van der Waals surface area contributed by atoms with Crippen LogP contribution in [0.4, 0.5) is 0 Å². The molecule has 0 rings (SSSR count). The highest BCUT2D eigenvalue weighted by molar-refractivity contribution is 8.03. The van der Waals surface area contributed by atoms with E-state index in [0.29, 0.717) is 0 Å². The lowest BCUT2D eigenvalue weighted by atomic mass is 10.9. The van der Waals surface area contributed by atoms with Crippen LogP contribution in [0.15, 0.2) is 0 Å². The van der Waals surface area contributed by atoms with Crippen molar-refractivity contribution in [1.82, 2.24) is 0 Å². The van der Waals surface area contributed by atoms with Gasteiger partial charge < -0.3 is 0 Å². The Morgan fingerprint density at radius 2 is 1.15 bits per heavy atom. The summed E-state index contributed by atoms with van der Waals surface area (Å²) in [7, 11) is -8.05. The van der Waals surface area contributed by atoms with E-state index in [0.717, 1.165) is 0 Å². The maximum atomic E-state index is 10.8. The Labute approximate surface area is 78.1 Å². The molecule has 0 bridgehead atoms. The summed E-state index contributed by atoms with van der Waals surface area (Å²) in [6.07, 6.45) is 0. The van der Waals surface area contributed by atoms with Crippen molar-refractivity contribution in [2.45, 2.75) is 13.8 Å². The minimum atomic E-state index is -4.02. The summed E-state index contributed by atoms with van der Waals surface area (Å²) < 4.78 is 51.8. The van der Waals surface area contributed by atoms with E-state index in [9.17, 15) is 16.8 Å². The molecule has 0 aliphatic heterocycles. The summed E-state index contributed by atoms with van der Waals surface area (Å²) in [4.78, 5) is 0. The maximum absolute atomic E-state index is 10.8. The van der Waals surface area contributed by atoms with Crippen molar-refractivity contribution in [3.05, 3.63) is 0 Å². The van der Waals surface area contributed by atoms with Gasteiger partial charge in [-0.3, -0.25) is 8.37 Å². The quantitative estimate of drug-likeness (QED) is 0.583. The number of hydrogen-bond acceptors (Lipinski definition) is 6. The molecule has 0 atom stereocenters. The second-order valence-electron chi connectivity index (χ2n) is 2.05. The molecule has 0 aromatic carbocycles. The van der Waals surface area contributed by atoms with Crippen molar-refractivity contribution in [2.24, 2.45) is 0 Å². The van der Waals surface area contributed by atoms with Crippen molar-refractivity contribution in [2.75, 3.05) is 18.3 Å². The molecular formula is C5H12O6S2. The van der Waals surface area contributed by atoms with Gasteiger partial charge in [-0.05, 0) is 13.8 Å². The summed E-state index contributed by atoms with van der Waals surface area (Å²) in [6, 6.07) is 0. The zero-order valence-electron chi connectivity index (χ0n) is 7.39. The topological polar surface area (TPSA) is 86.7 Å². The van der Waals surface area contributed by atoms with Crippen molar-refractivity contribution in [3.63, 3.8) is 0 Å². The molecule has 6 nitrogen and oxygen atoms in total. The van der Waals surface area contributed by atoms with E-state index < -0.39 is 25.3 Å². The van der Waals surface area contributed by atoms with E-state index in [1.165, 1.54) is 13.8 Å². The van der Waals surface area contributed by atoms with Crippen molar-refractivity contribution < 1.29 is 25.2 Å². The minimum absolute atomic E-state index is 0.0933. The molecule has 0 fully saturated rings. The Hall–Kier alpha value is -0.180. The highest BCUT2D eigenvalue weighted by Gasteiger charge is 2.22. The third-order valence-corrected chi connectivity index (χ3v) is 4.38. The van der Waals surface area contributed by atoms with Gasteiger partial charge in [0.1, 0.15) is 0 Å². The van der Waals surface area contributed by atoms with Crippen LogP contribution in [0.3, 0.4) is 0 Å². The monoisotopic (exact) mass is 232 g/mol. The van der Waals surface area contributed by atoms with Gasteiger partial charge in [0.2, 0.25) is 5.08 Å². The summed E-state index contributed by atoms with van der Waals surface area (Å²) >= 11 is 0. The Morgan fingerprint density at radius 3 is 1.38 bits per heavy atom. The molecule has 0 saturated carbocycles. The van der Waals surface area contributed by atoms with Gasteiger partial charge >= 0.3 is 0 Å². The van der Waals surface area contributed by atoms with Crippen LogP contribution in [0.1, 0.15) is 13.8 Å². The van der Waals surface area contributed by atoms with Gasteiger partial charge in [0, 0.05) is 0 Å². The highest BCUT2D eigenvalue weighted by atomic mass is 32.3. The first kappa shape index (κ1) is 12.8. The summed E-state index contributed by atoms with van der Waals surface area (Å²) in [5.74, 6) is 0. The second-order valence-corrected chi connectivity index (χ2v) is 5.69. The molecule has 0 heterocycles. The van der Waals surface area contributed by atoms with Gasteiger partial charge in [0.05, 0.1) is 13.2 Å². The Kier molecular flexibility index (Phi) is 4.82. The van der Waals surface area contributed by atoms with Gasteiger partial charge in [0.15, 0.2) is 0 Å². The van der Waals surface area contributed by atoms with Crippen molar-refractivity contribution >= 4 is 20.2 Å². The van der Waals surface area contributed by atoms with E-state index in [-0.39, 0.29) is 13.2 Å². The van der Waals surface area contributed by atoms with Crippen LogP contribution in [-0.4, -0.2) is 35.1 Å². The molecule has 0 aliphatic rings. The van der Waals surface area contributed by atoms with E-state index in [1.807, 2.05) is 0 Å². The fourth-order valence-corrected chi connectivity index (χ4v) is 3.28. The molecule has 0 spiro atoms. The van der Waals surface area contributed by atoms with E-state index >= 15 is 0 Å². The van der Waals surface area contributed by atoms with E-state index in [4.69, 9.17) is 0 Å². The molecule has 0 radical (unpaired) electrons. The van der Waals surface area contributed by atoms with Crippen LogP contribution in [0.25, 0.3) is 0 Å². The zero-order chi connectivity index (χ0) is 10.5. The average molecular weight is 232 g/mol. The van der Waals surface area contributed by atoms with E-state index in [2.05, 4.69) is 8.37 Å². The van der Waals surface area contributed by atoms with Crippen molar-refractivity contribution in [1.29, 1.82) is 0 Å². The predicted molar refractivity (Wildman–Crippen MR) is 46.0 cm³/mol. The number of rotatable bonds is 6. The molecule has 0 amide bonds. The summed E-state index contributed by atoms with van der Waals surface area (Å²) in [5, 5.41) is -1.14. The third kappa shape index (κ3) is 5.97. The second kappa shape index (κ2) is 4.89. The smallest absolute Gasteiger partial charge is 0.270 e. The van der Waals surface area contributed by atoms with Crippen molar-refractivity contribution in [3.8, 4) is 0 Å². The van der Waals surface area contributed by atoms with Gasteiger partial charge in [-0.25, -0.2) is 0 Å². The van der Waals surface area contributed by atoms with E-state index in [1.54, 1.807) is 0 Å². The fourth-order valence-electron chi connectivity index (χ4n) is 0.604. The van der Waals surface area contributed by atoms with Gasteiger partial charge in [-0.2, -0.15) is 16.8 Å². The lowest BCUT2D eigenvalue weighted by molar-refractivity contribution is 0.329. The molecule has 8 heteroatoms. The van der Waals surface area contributed by atoms with Gasteiger partial charge in [-0.15, -0.1) is 0 Å². The lowest BCUT2D eigenvalue weighted by Crippen LogP contribution is -2.20. The molecule has 80 valence electrons. The maximum Gasteiger partial charge on any atom is 0.284 e.